The van der Waals surface area contributed by atoms with Crippen LogP contribution in [0.4, 0.5) is 0 Å². The molecule has 0 bridgehead atoms. The van der Waals surface area contributed by atoms with Crippen LogP contribution in [0.3, 0.4) is 0 Å². The molecule has 26 heavy (non-hydrogen) atoms. The molecule has 5 heteroatoms. The van der Waals surface area contributed by atoms with Gasteiger partial charge >= 0.3 is 11.9 Å². The predicted molar refractivity (Wildman–Crippen MR) is 96.3 cm³/mol. The van der Waals surface area contributed by atoms with Gasteiger partial charge in [0.2, 0.25) is 0 Å². The summed E-state index contributed by atoms with van der Waals surface area (Å²) in [5, 5.41) is 0. The summed E-state index contributed by atoms with van der Waals surface area (Å²) in [7, 11) is 2.69. The number of rotatable bonds is 3. The van der Waals surface area contributed by atoms with Gasteiger partial charge in [-0.15, -0.1) is 0 Å². The minimum absolute atomic E-state index is 0.350. The highest BCUT2D eigenvalue weighted by Gasteiger charge is 2.59. The molecule has 0 spiro atoms. The van der Waals surface area contributed by atoms with Crippen molar-refractivity contribution in [3.8, 4) is 0 Å². The first kappa shape index (κ1) is 18.2. The third-order valence-electron chi connectivity index (χ3n) is 5.56. The van der Waals surface area contributed by atoms with Gasteiger partial charge < -0.3 is 14.2 Å². The quantitative estimate of drug-likeness (QED) is 0.615. The molecule has 1 aromatic rings. The lowest BCUT2D eigenvalue weighted by molar-refractivity contribution is -0.150. The number of benzene rings is 1. The van der Waals surface area contributed by atoms with Crippen LogP contribution in [0.25, 0.3) is 0 Å². The molecule has 0 amide bonds. The van der Waals surface area contributed by atoms with E-state index >= 15 is 0 Å². The predicted octanol–water partition coefficient (Wildman–Crippen LogP) is 3.13. The van der Waals surface area contributed by atoms with Crippen molar-refractivity contribution in [2.45, 2.75) is 38.7 Å². The third kappa shape index (κ3) is 2.62. The number of hydrogen-bond acceptors (Lipinski definition) is 5. The first-order valence-corrected chi connectivity index (χ1v) is 8.59. The second kappa shape index (κ2) is 6.31. The van der Waals surface area contributed by atoms with Crippen molar-refractivity contribution >= 4 is 11.9 Å². The Hall–Kier alpha value is -2.56. The Kier molecular flexibility index (Phi) is 4.42. The molecule has 0 N–H and O–H groups in total. The largest absolute Gasteiger partial charge is 0.486 e. The van der Waals surface area contributed by atoms with E-state index in [-0.39, 0.29) is 0 Å². The molecule has 1 saturated heterocycles. The Morgan fingerprint density at radius 1 is 1.15 bits per heavy atom. The van der Waals surface area contributed by atoms with E-state index in [4.69, 9.17) is 14.2 Å². The second-order valence-electron chi connectivity index (χ2n) is 7.29. The average molecular weight is 356 g/mol. The van der Waals surface area contributed by atoms with Gasteiger partial charge in [0.1, 0.15) is 16.8 Å². The van der Waals surface area contributed by atoms with E-state index in [0.29, 0.717) is 30.6 Å². The van der Waals surface area contributed by atoms with Crippen molar-refractivity contribution in [1.82, 2.24) is 0 Å². The fraction of sp³-hybridized carbons (Fsp3) is 0.429. The van der Waals surface area contributed by atoms with Crippen LogP contribution >= 0.6 is 0 Å². The summed E-state index contributed by atoms with van der Waals surface area (Å²) >= 11 is 0. The van der Waals surface area contributed by atoms with Crippen molar-refractivity contribution in [3.63, 3.8) is 0 Å². The number of hydrogen-bond donors (Lipinski definition) is 0. The van der Waals surface area contributed by atoms with Crippen LogP contribution in [0, 0.1) is 5.41 Å². The molecular weight excluding hydrogens is 332 g/mol. The van der Waals surface area contributed by atoms with Crippen LogP contribution in [0.1, 0.15) is 31.4 Å². The Bertz CT molecular complexity index is 821. The first-order valence-electron chi connectivity index (χ1n) is 8.59. The summed E-state index contributed by atoms with van der Waals surface area (Å²) in [4.78, 5) is 25.6. The number of esters is 2. The molecule has 138 valence electrons. The maximum atomic E-state index is 13.0. The standard InChI is InChI=1S/C21H24O5/c1-13(2)20(3)12-21(19(23)25-5)11-15-9-7-6-8-14(15)10-16(17(21)26-20)18(22)24-4/h6-9H,1,10-12H2,2-5H3/t20-,21+/m0/s1. The lowest BCUT2D eigenvalue weighted by Crippen LogP contribution is -2.36. The van der Waals surface area contributed by atoms with E-state index in [1.54, 1.807) is 0 Å². The molecule has 0 radical (unpaired) electrons. The Labute approximate surface area is 153 Å². The maximum absolute atomic E-state index is 13.0. The van der Waals surface area contributed by atoms with Gasteiger partial charge in [-0.3, -0.25) is 4.79 Å². The number of ether oxygens (including phenoxy) is 3. The summed E-state index contributed by atoms with van der Waals surface area (Å²) in [6.45, 7) is 7.78. The average Bonchev–Trinajstić information content (AvgIpc) is 2.87. The molecule has 1 fully saturated rings. The maximum Gasteiger partial charge on any atom is 0.337 e. The molecule has 0 saturated carbocycles. The highest BCUT2D eigenvalue weighted by atomic mass is 16.5. The fourth-order valence-corrected chi connectivity index (χ4v) is 3.97. The van der Waals surface area contributed by atoms with Gasteiger partial charge in [0.05, 0.1) is 19.8 Å². The van der Waals surface area contributed by atoms with Crippen LogP contribution in [-0.4, -0.2) is 31.8 Å². The van der Waals surface area contributed by atoms with Crippen molar-refractivity contribution in [3.05, 3.63) is 58.9 Å². The summed E-state index contributed by atoms with van der Waals surface area (Å²) in [6, 6.07) is 7.79. The molecule has 5 nitrogen and oxygen atoms in total. The minimum Gasteiger partial charge on any atom is -0.486 e. The zero-order valence-corrected chi connectivity index (χ0v) is 15.7. The Balaban J connectivity index is 2.30. The third-order valence-corrected chi connectivity index (χ3v) is 5.56. The van der Waals surface area contributed by atoms with Gasteiger partial charge in [0, 0.05) is 12.8 Å². The zero-order valence-electron chi connectivity index (χ0n) is 15.7. The van der Waals surface area contributed by atoms with E-state index in [0.717, 1.165) is 16.7 Å². The van der Waals surface area contributed by atoms with Crippen LogP contribution in [-0.2, 0) is 36.6 Å². The lowest BCUT2D eigenvalue weighted by Gasteiger charge is -2.26. The van der Waals surface area contributed by atoms with Crippen LogP contribution in [0.15, 0.2) is 47.7 Å². The van der Waals surface area contributed by atoms with E-state index in [1.807, 2.05) is 38.1 Å². The lowest BCUT2D eigenvalue weighted by atomic mass is 9.73. The Morgan fingerprint density at radius 3 is 2.38 bits per heavy atom. The molecule has 0 aromatic heterocycles. The molecule has 1 heterocycles. The van der Waals surface area contributed by atoms with Crippen molar-refractivity contribution < 1.29 is 23.8 Å². The number of carbonyl (C=O) groups is 2. The molecule has 3 rings (SSSR count). The summed E-state index contributed by atoms with van der Waals surface area (Å²) in [5.74, 6) is -0.538. The summed E-state index contributed by atoms with van der Waals surface area (Å²) in [6.07, 6.45) is 1.13. The SMILES string of the molecule is C=C(C)[C@]1(C)C[C@]2(C(=O)OC)Cc3ccccc3CC(C(=O)OC)=C2O1. The van der Waals surface area contributed by atoms with E-state index in [9.17, 15) is 9.59 Å². The topological polar surface area (TPSA) is 61.8 Å². The fourth-order valence-electron chi connectivity index (χ4n) is 3.97. The zero-order chi connectivity index (χ0) is 19.1. The van der Waals surface area contributed by atoms with Crippen molar-refractivity contribution in [1.29, 1.82) is 0 Å². The molecule has 1 aromatic carbocycles. The van der Waals surface area contributed by atoms with Gasteiger partial charge in [-0.1, -0.05) is 30.8 Å². The molecule has 1 aliphatic carbocycles. The van der Waals surface area contributed by atoms with E-state index < -0.39 is 23.0 Å². The van der Waals surface area contributed by atoms with Crippen LogP contribution in [0.2, 0.25) is 0 Å². The van der Waals surface area contributed by atoms with Gasteiger partial charge in [0.25, 0.3) is 0 Å². The van der Waals surface area contributed by atoms with Crippen LogP contribution < -0.4 is 0 Å². The molecule has 2 atom stereocenters. The highest BCUT2D eigenvalue weighted by Crippen LogP contribution is 2.55. The first-order chi connectivity index (χ1) is 12.3. The monoisotopic (exact) mass is 356 g/mol. The number of methoxy groups -OCH3 is 2. The Morgan fingerprint density at radius 2 is 1.81 bits per heavy atom. The molecular formula is C21H24O5. The van der Waals surface area contributed by atoms with Gasteiger partial charge in [-0.25, -0.2) is 4.79 Å². The summed E-state index contributed by atoms with van der Waals surface area (Å²) in [5.41, 5.74) is 1.32. The summed E-state index contributed by atoms with van der Waals surface area (Å²) < 4.78 is 16.4. The van der Waals surface area contributed by atoms with Crippen molar-refractivity contribution in [2.75, 3.05) is 14.2 Å². The van der Waals surface area contributed by atoms with E-state index in [2.05, 4.69) is 6.58 Å². The van der Waals surface area contributed by atoms with Crippen molar-refractivity contribution in [2.24, 2.45) is 5.41 Å². The minimum atomic E-state index is -1.07. The van der Waals surface area contributed by atoms with Crippen LogP contribution in [0.5, 0.6) is 0 Å². The smallest absolute Gasteiger partial charge is 0.337 e. The van der Waals surface area contributed by atoms with Gasteiger partial charge in [-0.2, -0.15) is 0 Å². The highest BCUT2D eigenvalue weighted by molar-refractivity contribution is 5.93. The molecule has 0 unspecified atom stereocenters. The number of carbonyl (C=O) groups excluding carboxylic acids is 2. The number of fused-ring (bicyclic) bond motifs is 2. The molecule has 1 aliphatic heterocycles. The normalized spacial score (nSPS) is 26.9. The van der Waals surface area contributed by atoms with Gasteiger partial charge in [-0.05, 0) is 37.0 Å². The second-order valence-corrected chi connectivity index (χ2v) is 7.29. The van der Waals surface area contributed by atoms with Gasteiger partial charge in [0.15, 0.2) is 0 Å². The van der Waals surface area contributed by atoms with E-state index in [1.165, 1.54) is 14.2 Å². The molecule has 2 aliphatic rings.